The predicted octanol–water partition coefficient (Wildman–Crippen LogP) is 3.39. The summed E-state index contributed by atoms with van der Waals surface area (Å²) in [6.45, 7) is 1.09. The lowest BCUT2D eigenvalue weighted by molar-refractivity contribution is 0.0985. The van der Waals surface area contributed by atoms with Crippen molar-refractivity contribution in [2.45, 2.75) is 6.42 Å². The average Bonchev–Trinajstić information content (AvgIpc) is 2.77. The highest BCUT2D eigenvalue weighted by Gasteiger charge is 2.28. The first-order chi connectivity index (χ1) is 12.5. The zero-order valence-electron chi connectivity index (χ0n) is 14.1. The van der Waals surface area contributed by atoms with Crippen molar-refractivity contribution in [2.75, 3.05) is 29.9 Å². The molecule has 26 heavy (non-hydrogen) atoms. The Bertz CT molecular complexity index is 988. The number of para-hydroxylation sites is 2. The molecular weight excluding hydrogens is 338 g/mol. The maximum Gasteiger partial charge on any atom is 0.259 e. The zero-order valence-corrected chi connectivity index (χ0v) is 14.1. The molecule has 0 spiro atoms. The second-order valence-electron chi connectivity index (χ2n) is 6.25. The average molecular weight is 354 g/mol. The molecule has 5 nitrogen and oxygen atoms in total. The minimum absolute atomic E-state index is 0.0482. The van der Waals surface area contributed by atoms with Gasteiger partial charge < -0.3 is 4.90 Å². The van der Waals surface area contributed by atoms with E-state index in [4.69, 9.17) is 0 Å². The molecule has 0 radical (unpaired) electrons. The van der Waals surface area contributed by atoms with Crippen molar-refractivity contribution in [3.05, 3.63) is 59.7 Å². The molecule has 0 N–H and O–H groups in total. The highest BCUT2D eigenvalue weighted by atomic mass is 19.1. The fourth-order valence-corrected chi connectivity index (χ4v) is 3.13. The fraction of sp³-hybridized carbons (Fsp3) is 0.211. The van der Waals surface area contributed by atoms with E-state index in [0.717, 1.165) is 23.7 Å². The van der Waals surface area contributed by atoms with Crippen molar-refractivity contribution >= 4 is 28.6 Å². The molecule has 3 aromatic rings. The SMILES string of the molecule is CN1CCCN(C(=O)c2cc(F)cc(F)c2)c2nc3ccccc3nc21. The van der Waals surface area contributed by atoms with Gasteiger partial charge in [-0.2, -0.15) is 0 Å². The summed E-state index contributed by atoms with van der Waals surface area (Å²) in [5.74, 6) is -1.09. The van der Waals surface area contributed by atoms with Crippen molar-refractivity contribution in [1.82, 2.24) is 9.97 Å². The standard InChI is InChI=1S/C19H16F2N4O/c1-24-7-4-8-25(19(26)12-9-13(20)11-14(21)10-12)18-17(24)22-15-5-2-3-6-16(15)23-18/h2-3,5-6,9-11H,4,7-8H2,1H3. The third-order valence-electron chi connectivity index (χ3n) is 4.38. The Hall–Kier alpha value is -3.09. The van der Waals surface area contributed by atoms with Gasteiger partial charge in [0.05, 0.1) is 11.0 Å². The van der Waals surface area contributed by atoms with E-state index in [1.54, 1.807) is 0 Å². The van der Waals surface area contributed by atoms with Crippen molar-refractivity contribution in [1.29, 1.82) is 0 Å². The Labute approximate surface area is 148 Å². The number of aromatic nitrogens is 2. The number of anilines is 2. The van der Waals surface area contributed by atoms with Crippen LogP contribution in [0.25, 0.3) is 11.0 Å². The third kappa shape index (κ3) is 2.85. The number of benzene rings is 2. The van der Waals surface area contributed by atoms with Crippen molar-refractivity contribution in [2.24, 2.45) is 0 Å². The summed E-state index contributed by atoms with van der Waals surface area (Å²) < 4.78 is 27.1. The van der Waals surface area contributed by atoms with Crippen LogP contribution in [-0.2, 0) is 0 Å². The molecule has 0 saturated carbocycles. The van der Waals surface area contributed by atoms with Crippen LogP contribution < -0.4 is 9.80 Å². The number of carbonyl (C=O) groups excluding carboxylic acids is 1. The van der Waals surface area contributed by atoms with Crippen LogP contribution in [0.5, 0.6) is 0 Å². The lowest BCUT2D eigenvalue weighted by atomic mass is 10.1. The number of hydrogen-bond acceptors (Lipinski definition) is 4. The molecule has 0 bridgehead atoms. The lowest BCUT2D eigenvalue weighted by Crippen LogP contribution is -2.32. The molecular formula is C19H16F2N4O. The molecule has 1 aliphatic heterocycles. The molecule has 0 saturated heterocycles. The van der Waals surface area contributed by atoms with Gasteiger partial charge in [-0.05, 0) is 30.7 Å². The quantitative estimate of drug-likeness (QED) is 0.672. The molecule has 1 amide bonds. The molecule has 2 aromatic carbocycles. The molecule has 7 heteroatoms. The number of amides is 1. The number of nitrogens with zero attached hydrogens (tertiary/aromatic N) is 4. The van der Waals surface area contributed by atoms with Gasteiger partial charge in [0.15, 0.2) is 11.6 Å². The van der Waals surface area contributed by atoms with Gasteiger partial charge in [0.2, 0.25) is 0 Å². The van der Waals surface area contributed by atoms with Crippen LogP contribution >= 0.6 is 0 Å². The number of hydrogen-bond donors (Lipinski definition) is 0. The van der Waals surface area contributed by atoms with E-state index < -0.39 is 17.5 Å². The second-order valence-corrected chi connectivity index (χ2v) is 6.25. The Morgan fingerprint density at radius 2 is 1.58 bits per heavy atom. The minimum Gasteiger partial charge on any atom is -0.357 e. The van der Waals surface area contributed by atoms with E-state index in [-0.39, 0.29) is 5.56 Å². The fourth-order valence-electron chi connectivity index (χ4n) is 3.13. The van der Waals surface area contributed by atoms with Crippen LogP contribution in [0.2, 0.25) is 0 Å². The molecule has 4 rings (SSSR count). The van der Waals surface area contributed by atoms with Gasteiger partial charge in [0, 0.05) is 31.8 Å². The summed E-state index contributed by atoms with van der Waals surface area (Å²) >= 11 is 0. The number of fused-ring (bicyclic) bond motifs is 2. The van der Waals surface area contributed by atoms with E-state index in [2.05, 4.69) is 9.97 Å². The van der Waals surface area contributed by atoms with Gasteiger partial charge in [0.25, 0.3) is 5.91 Å². The summed E-state index contributed by atoms with van der Waals surface area (Å²) in [7, 11) is 1.89. The van der Waals surface area contributed by atoms with Crippen LogP contribution in [0.1, 0.15) is 16.8 Å². The molecule has 0 aliphatic carbocycles. The highest BCUT2D eigenvalue weighted by molar-refractivity contribution is 6.07. The topological polar surface area (TPSA) is 49.3 Å². The van der Waals surface area contributed by atoms with Crippen LogP contribution in [0.15, 0.2) is 42.5 Å². The molecule has 0 atom stereocenters. The first-order valence-electron chi connectivity index (χ1n) is 8.29. The number of rotatable bonds is 1. The first-order valence-corrected chi connectivity index (χ1v) is 8.29. The number of halogens is 2. The second kappa shape index (κ2) is 6.33. The maximum atomic E-state index is 13.6. The van der Waals surface area contributed by atoms with E-state index >= 15 is 0 Å². The van der Waals surface area contributed by atoms with Crippen molar-refractivity contribution in [3.8, 4) is 0 Å². The van der Waals surface area contributed by atoms with Gasteiger partial charge in [0.1, 0.15) is 11.6 Å². The van der Waals surface area contributed by atoms with E-state index in [0.29, 0.717) is 36.7 Å². The molecule has 0 unspecified atom stereocenters. The largest absolute Gasteiger partial charge is 0.357 e. The summed E-state index contributed by atoms with van der Waals surface area (Å²) in [4.78, 5) is 25.6. The Morgan fingerprint density at radius 1 is 0.962 bits per heavy atom. The van der Waals surface area contributed by atoms with Crippen LogP contribution in [0.4, 0.5) is 20.4 Å². The van der Waals surface area contributed by atoms with Crippen LogP contribution in [-0.4, -0.2) is 36.0 Å². The molecule has 2 heterocycles. The summed E-state index contributed by atoms with van der Waals surface area (Å²) in [5, 5.41) is 0. The first kappa shape index (κ1) is 16.4. The van der Waals surface area contributed by atoms with E-state index in [9.17, 15) is 13.6 Å². The van der Waals surface area contributed by atoms with Gasteiger partial charge in [-0.1, -0.05) is 12.1 Å². The van der Waals surface area contributed by atoms with E-state index in [1.807, 2.05) is 36.2 Å². The smallest absolute Gasteiger partial charge is 0.259 e. The summed E-state index contributed by atoms with van der Waals surface area (Å²) in [6.07, 6.45) is 0.689. The molecule has 1 aromatic heterocycles. The highest BCUT2D eigenvalue weighted by Crippen LogP contribution is 2.31. The van der Waals surface area contributed by atoms with Gasteiger partial charge in [-0.25, -0.2) is 18.7 Å². The van der Waals surface area contributed by atoms with E-state index in [1.165, 1.54) is 4.90 Å². The van der Waals surface area contributed by atoms with Gasteiger partial charge in [-0.15, -0.1) is 0 Å². The van der Waals surface area contributed by atoms with Crippen LogP contribution in [0, 0.1) is 11.6 Å². The molecule has 0 fully saturated rings. The van der Waals surface area contributed by atoms with Gasteiger partial charge >= 0.3 is 0 Å². The predicted molar refractivity (Wildman–Crippen MR) is 95.5 cm³/mol. The monoisotopic (exact) mass is 354 g/mol. The summed E-state index contributed by atoms with van der Waals surface area (Å²) in [6, 6.07) is 10.2. The minimum atomic E-state index is -0.787. The Kier molecular flexibility index (Phi) is 3.99. The third-order valence-corrected chi connectivity index (χ3v) is 4.38. The maximum absolute atomic E-state index is 13.6. The molecule has 132 valence electrons. The van der Waals surface area contributed by atoms with Crippen molar-refractivity contribution in [3.63, 3.8) is 0 Å². The zero-order chi connectivity index (χ0) is 18.3. The summed E-state index contributed by atoms with van der Waals surface area (Å²) in [5.41, 5.74) is 1.34. The number of carbonyl (C=O) groups is 1. The van der Waals surface area contributed by atoms with Crippen LogP contribution in [0.3, 0.4) is 0 Å². The Morgan fingerprint density at radius 3 is 2.23 bits per heavy atom. The normalized spacial score (nSPS) is 14.3. The van der Waals surface area contributed by atoms with Gasteiger partial charge in [-0.3, -0.25) is 9.69 Å². The Balaban J connectivity index is 1.86. The lowest BCUT2D eigenvalue weighted by Gasteiger charge is -2.23. The van der Waals surface area contributed by atoms with Crippen molar-refractivity contribution < 1.29 is 13.6 Å². The molecule has 1 aliphatic rings.